The third-order valence-corrected chi connectivity index (χ3v) is 10.3. The predicted octanol–water partition coefficient (Wildman–Crippen LogP) is 7.79. The van der Waals surface area contributed by atoms with Gasteiger partial charge in [-0.15, -0.1) is 0 Å². The molecule has 2 atom stereocenters. The quantitative estimate of drug-likeness (QED) is 0.0313. The molecule has 12 nitrogen and oxygen atoms in total. The zero-order valence-corrected chi connectivity index (χ0v) is 30.6. The van der Waals surface area contributed by atoms with Gasteiger partial charge in [0.2, 0.25) is 5.82 Å². The Balaban J connectivity index is 1.86. The van der Waals surface area contributed by atoms with E-state index >= 15 is 0 Å². The summed E-state index contributed by atoms with van der Waals surface area (Å²) in [5.74, 6) is 1.61. The highest BCUT2D eigenvalue weighted by Gasteiger charge is 2.40. The number of hydrogen-bond acceptors (Lipinski definition) is 10. The first-order chi connectivity index (χ1) is 24.0. The van der Waals surface area contributed by atoms with E-state index in [1.807, 2.05) is 78.9 Å². The number of nitro groups is 1. The second kappa shape index (κ2) is 18.0. The van der Waals surface area contributed by atoms with Crippen molar-refractivity contribution in [2.45, 2.75) is 71.4 Å². The normalized spacial score (nSPS) is 13.0. The smallest absolute Gasteiger partial charge is 0.381 e. The van der Waals surface area contributed by atoms with Gasteiger partial charge in [0.1, 0.15) is 29.4 Å². The van der Waals surface area contributed by atoms with Gasteiger partial charge in [0.15, 0.2) is 0 Å². The maximum Gasteiger partial charge on any atom is 0.381 e. The number of rotatable bonds is 19. The Morgan fingerprint density at radius 3 is 1.92 bits per heavy atom. The zero-order valence-electron chi connectivity index (χ0n) is 29.7. The van der Waals surface area contributed by atoms with E-state index in [0.29, 0.717) is 17.3 Å². The molecule has 1 aromatic heterocycles. The van der Waals surface area contributed by atoms with Crippen molar-refractivity contribution in [1.82, 2.24) is 14.2 Å². The van der Waals surface area contributed by atoms with E-state index in [1.165, 1.54) is 6.20 Å². The van der Waals surface area contributed by atoms with Crippen molar-refractivity contribution in [2.75, 3.05) is 27.4 Å². The number of imidazole rings is 1. The molecule has 0 saturated carbocycles. The van der Waals surface area contributed by atoms with Gasteiger partial charge >= 0.3 is 5.82 Å². The number of aryl methyl sites for hydroxylation is 1. The standard InChI is InChI=1S/C37H46N5O7P/c1-27(2)41(28(3)4)50(48-23-11-22-38)49-35(24-40-25-36(42(43)44)39-29(40)5)26-47-37(30-12-9-8-10-13-30,31-14-18-33(45-6)19-15-31)32-16-20-34(46-7)21-17-32/h8-10,12-21,25,27-28,35H,11,23-24,26H2,1-7H3/t35-,50?/m1/s1. The number of methoxy groups -OCH3 is 2. The minimum absolute atomic E-state index is 0.0445. The molecule has 4 aromatic rings. The van der Waals surface area contributed by atoms with Crippen LogP contribution in [0.1, 0.15) is 56.6 Å². The summed E-state index contributed by atoms with van der Waals surface area (Å²) in [7, 11) is 1.56. The van der Waals surface area contributed by atoms with Gasteiger partial charge in [0.25, 0.3) is 8.53 Å². The van der Waals surface area contributed by atoms with Crippen LogP contribution in [0.2, 0.25) is 0 Å². The molecule has 266 valence electrons. The predicted molar refractivity (Wildman–Crippen MR) is 192 cm³/mol. The van der Waals surface area contributed by atoms with Crippen molar-refractivity contribution in [2.24, 2.45) is 0 Å². The van der Waals surface area contributed by atoms with Gasteiger partial charge in [0.05, 0.1) is 46.5 Å². The molecule has 1 unspecified atom stereocenters. The first kappa shape index (κ1) is 38.4. The summed E-state index contributed by atoms with van der Waals surface area (Å²) >= 11 is 0. The second-order valence-electron chi connectivity index (χ2n) is 12.1. The van der Waals surface area contributed by atoms with E-state index in [0.717, 1.165) is 16.7 Å². The summed E-state index contributed by atoms with van der Waals surface area (Å²) in [6.07, 6.45) is 0.937. The summed E-state index contributed by atoms with van der Waals surface area (Å²) in [4.78, 5) is 15.3. The van der Waals surface area contributed by atoms with E-state index in [9.17, 15) is 15.4 Å². The Kier molecular flexibility index (Phi) is 13.9. The van der Waals surface area contributed by atoms with Crippen LogP contribution in [0.25, 0.3) is 0 Å². The highest BCUT2D eigenvalue weighted by molar-refractivity contribution is 7.44. The van der Waals surface area contributed by atoms with Crippen molar-refractivity contribution in [3.63, 3.8) is 0 Å². The minimum atomic E-state index is -1.69. The topological polar surface area (TPSA) is 134 Å². The number of ether oxygens (including phenoxy) is 3. The molecule has 0 spiro atoms. The van der Waals surface area contributed by atoms with Gasteiger partial charge in [0, 0.05) is 19.0 Å². The molecular formula is C37H46N5O7P. The fourth-order valence-electron chi connectivity index (χ4n) is 5.81. The molecule has 13 heteroatoms. The molecule has 0 radical (unpaired) electrons. The lowest BCUT2D eigenvalue weighted by Gasteiger charge is -2.39. The summed E-state index contributed by atoms with van der Waals surface area (Å²) in [6, 6.07) is 27.7. The van der Waals surface area contributed by atoms with E-state index in [4.69, 9.17) is 23.3 Å². The summed E-state index contributed by atoms with van der Waals surface area (Å²) < 4.78 is 35.2. The van der Waals surface area contributed by atoms with Crippen molar-refractivity contribution < 1.29 is 28.2 Å². The van der Waals surface area contributed by atoms with Crippen LogP contribution >= 0.6 is 8.53 Å². The van der Waals surface area contributed by atoms with Gasteiger partial charge < -0.3 is 37.9 Å². The second-order valence-corrected chi connectivity index (χ2v) is 13.6. The first-order valence-electron chi connectivity index (χ1n) is 16.5. The molecule has 3 aromatic carbocycles. The van der Waals surface area contributed by atoms with Gasteiger partial charge in [-0.3, -0.25) is 0 Å². The zero-order chi connectivity index (χ0) is 36.3. The summed E-state index contributed by atoms with van der Waals surface area (Å²) in [6.45, 7) is 10.4. The summed E-state index contributed by atoms with van der Waals surface area (Å²) in [5, 5.41) is 20.9. The maximum absolute atomic E-state index is 11.6. The van der Waals surface area contributed by atoms with Crippen LogP contribution in [0.4, 0.5) is 5.82 Å². The van der Waals surface area contributed by atoms with Crippen LogP contribution in [0.5, 0.6) is 11.5 Å². The molecule has 0 fully saturated rings. The van der Waals surface area contributed by atoms with Crippen LogP contribution in [0.15, 0.2) is 85.1 Å². The van der Waals surface area contributed by atoms with Gasteiger partial charge in [-0.05, 0) is 78.6 Å². The fourth-order valence-corrected chi connectivity index (χ4v) is 7.50. The number of nitriles is 1. The molecule has 0 aliphatic heterocycles. The molecule has 0 aliphatic rings. The third-order valence-electron chi connectivity index (χ3n) is 8.11. The Morgan fingerprint density at radius 1 is 0.920 bits per heavy atom. The summed E-state index contributed by atoms with van der Waals surface area (Å²) in [5.41, 5.74) is 1.45. The Labute approximate surface area is 295 Å². The van der Waals surface area contributed by atoms with Crippen LogP contribution in [-0.4, -0.2) is 64.8 Å². The molecule has 50 heavy (non-hydrogen) atoms. The largest absolute Gasteiger partial charge is 0.497 e. The van der Waals surface area contributed by atoms with Crippen LogP contribution in [0, 0.1) is 28.4 Å². The lowest BCUT2D eigenvalue weighted by atomic mass is 9.80. The SMILES string of the molecule is COc1ccc(C(OC[C@@H](Cn2cc([N+](=O)[O-])nc2C)OP(OCCC#N)N(C(C)C)C(C)C)(c2ccccc2)c2ccc(OC)cc2)cc1. The molecule has 0 amide bonds. The van der Waals surface area contributed by atoms with Crippen LogP contribution < -0.4 is 9.47 Å². The number of aromatic nitrogens is 2. The van der Waals surface area contributed by atoms with E-state index < -0.39 is 25.2 Å². The van der Waals surface area contributed by atoms with Crippen molar-refractivity contribution in [3.05, 3.63) is 118 Å². The average Bonchev–Trinajstić information content (AvgIpc) is 3.49. The third kappa shape index (κ3) is 9.24. The van der Waals surface area contributed by atoms with Crippen molar-refractivity contribution >= 4 is 14.3 Å². The molecule has 1 heterocycles. The molecule has 0 bridgehead atoms. The first-order valence-corrected chi connectivity index (χ1v) is 17.6. The van der Waals surface area contributed by atoms with Crippen LogP contribution in [0.3, 0.4) is 0 Å². The van der Waals surface area contributed by atoms with Gasteiger partial charge in [-0.2, -0.15) is 5.26 Å². The van der Waals surface area contributed by atoms with Crippen LogP contribution in [-0.2, 0) is 25.9 Å². The number of nitrogens with zero attached hydrogens (tertiary/aromatic N) is 5. The fraction of sp³-hybridized carbons (Fsp3) is 0.405. The average molecular weight is 704 g/mol. The Morgan fingerprint density at radius 2 is 1.46 bits per heavy atom. The van der Waals surface area contributed by atoms with Gasteiger partial charge in [-0.1, -0.05) is 54.6 Å². The Hall–Kier alpha value is -4.37. The lowest BCUT2D eigenvalue weighted by Crippen LogP contribution is -2.39. The lowest BCUT2D eigenvalue weighted by molar-refractivity contribution is -0.389. The van der Waals surface area contributed by atoms with E-state index in [1.54, 1.807) is 25.7 Å². The van der Waals surface area contributed by atoms with Gasteiger partial charge in [-0.25, -0.2) is 4.67 Å². The highest BCUT2D eigenvalue weighted by Crippen LogP contribution is 2.48. The molecular weight excluding hydrogens is 657 g/mol. The minimum Gasteiger partial charge on any atom is -0.497 e. The number of benzene rings is 3. The Bertz CT molecular complexity index is 1640. The van der Waals surface area contributed by atoms with Crippen molar-refractivity contribution in [3.8, 4) is 17.6 Å². The molecule has 0 N–H and O–H groups in total. The maximum atomic E-state index is 11.6. The monoisotopic (exact) mass is 703 g/mol. The van der Waals surface area contributed by atoms with E-state index in [-0.39, 0.29) is 44.1 Å². The number of hydrogen-bond donors (Lipinski definition) is 0. The molecule has 0 saturated heterocycles. The van der Waals surface area contributed by atoms with E-state index in [2.05, 4.69) is 43.4 Å². The highest BCUT2D eigenvalue weighted by atomic mass is 31.2. The molecule has 4 rings (SSSR count). The van der Waals surface area contributed by atoms with Crippen molar-refractivity contribution in [1.29, 1.82) is 5.26 Å². The molecule has 0 aliphatic carbocycles.